The predicted molar refractivity (Wildman–Crippen MR) is 66.0 cm³/mol. The van der Waals surface area contributed by atoms with Gasteiger partial charge in [-0.2, -0.15) is 0 Å². The van der Waals surface area contributed by atoms with Gasteiger partial charge in [0.25, 0.3) is 0 Å². The van der Waals surface area contributed by atoms with E-state index in [-0.39, 0.29) is 12.2 Å². The Balaban J connectivity index is 1.78. The molecule has 1 aliphatic heterocycles. The summed E-state index contributed by atoms with van der Waals surface area (Å²) in [5.41, 5.74) is 2.53. The number of rotatable bonds is 5. The summed E-state index contributed by atoms with van der Waals surface area (Å²) >= 11 is 0. The molecule has 0 bridgehead atoms. The first-order chi connectivity index (χ1) is 8.29. The maximum atomic E-state index is 5.87. The summed E-state index contributed by atoms with van der Waals surface area (Å²) < 4.78 is 16.5. The van der Waals surface area contributed by atoms with Gasteiger partial charge in [-0.25, -0.2) is 0 Å². The van der Waals surface area contributed by atoms with Crippen molar-refractivity contribution in [1.82, 2.24) is 0 Å². The SMILES string of the molecule is COCC1CC(OCc2ccccc2C)CO1. The van der Waals surface area contributed by atoms with Crippen molar-refractivity contribution >= 4 is 0 Å². The summed E-state index contributed by atoms with van der Waals surface area (Å²) in [6.45, 7) is 4.11. The van der Waals surface area contributed by atoms with Crippen LogP contribution in [0.15, 0.2) is 24.3 Å². The molecule has 0 amide bonds. The monoisotopic (exact) mass is 236 g/mol. The van der Waals surface area contributed by atoms with Gasteiger partial charge in [0.05, 0.1) is 32.0 Å². The standard InChI is InChI=1S/C14H20O3/c1-11-5-3-4-6-12(11)8-16-14-7-13(9-15-2)17-10-14/h3-6,13-14H,7-10H2,1-2H3. The molecule has 1 heterocycles. The minimum atomic E-state index is 0.196. The molecule has 1 saturated heterocycles. The summed E-state index contributed by atoms with van der Waals surface area (Å²) in [7, 11) is 1.70. The molecule has 1 fully saturated rings. The van der Waals surface area contributed by atoms with Crippen LogP contribution in [0.4, 0.5) is 0 Å². The summed E-state index contributed by atoms with van der Waals surface area (Å²) in [5.74, 6) is 0. The van der Waals surface area contributed by atoms with E-state index in [1.807, 2.05) is 12.1 Å². The fourth-order valence-electron chi connectivity index (χ4n) is 2.07. The van der Waals surface area contributed by atoms with Crippen LogP contribution in [-0.2, 0) is 20.8 Å². The van der Waals surface area contributed by atoms with E-state index >= 15 is 0 Å². The van der Waals surface area contributed by atoms with Crippen LogP contribution in [0.1, 0.15) is 17.5 Å². The van der Waals surface area contributed by atoms with Crippen LogP contribution in [-0.4, -0.2) is 32.5 Å². The quantitative estimate of drug-likeness (QED) is 0.785. The van der Waals surface area contributed by atoms with Crippen molar-refractivity contribution in [2.75, 3.05) is 20.3 Å². The van der Waals surface area contributed by atoms with Crippen molar-refractivity contribution in [2.45, 2.75) is 32.2 Å². The molecule has 2 unspecified atom stereocenters. The number of methoxy groups -OCH3 is 1. The smallest absolute Gasteiger partial charge is 0.0838 e. The highest BCUT2D eigenvalue weighted by molar-refractivity contribution is 5.24. The van der Waals surface area contributed by atoms with Gasteiger partial charge in [-0.1, -0.05) is 24.3 Å². The zero-order valence-electron chi connectivity index (χ0n) is 10.5. The van der Waals surface area contributed by atoms with Gasteiger partial charge >= 0.3 is 0 Å². The first-order valence-corrected chi connectivity index (χ1v) is 6.06. The first-order valence-electron chi connectivity index (χ1n) is 6.06. The Labute approximate surface area is 103 Å². The number of aryl methyl sites for hydroxylation is 1. The van der Waals surface area contributed by atoms with Gasteiger partial charge in [0.15, 0.2) is 0 Å². The van der Waals surface area contributed by atoms with E-state index in [1.54, 1.807) is 7.11 Å². The Morgan fingerprint density at radius 3 is 2.94 bits per heavy atom. The van der Waals surface area contributed by atoms with Gasteiger partial charge in [0, 0.05) is 13.5 Å². The van der Waals surface area contributed by atoms with Crippen LogP contribution in [0.2, 0.25) is 0 Å². The van der Waals surface area contributed by atoms with Crippen LogP contribution < -0.4 is 0 Å². The minimum Gasteiger partial charge on any atom is -0.382 e. The third-order valence-electron chi connectivity index (χ3n) is 3.13. The van der Waals surface area contributed by atoms with Gasteiger partial charge in [-0.15, -0.1) is 0 Å². The molecule has 17 heavy (non-hydrogen) atoms. The van der Waals surface area contributed by atoms with Crippen molar-refractivity contribution in [3.8, 4) is 0 Å². The lowest BCUT2D eigenvalue weighted by Gasteiger charge is -2.11. The highest BCUT2D eigenvalue weighted by Gasteiger charge is 2.25. The second kappa shape index (κ2) is 6.15. The molecule has 0 saturated carbocycles. The second-order valence-corrected chi connectivity index (χ2v) is 4.51. The maximum Gasteiger partial charge on any atom is 0.0838 e. The molecular weight excluding hydrogens is 216 g/mol. The largest absolute Gasteiger partial charge is 0.382 e. The first kappa shape index (κ1) is 12.6. The zero-order chi connectivity index (χ0) is 12.1. The normalized spacial score (nSPS) is 24.1. The molecule has 3 heteroatoms. The molecular formula is C14H20O3. The summed E-state index contributed by atoms with van der Waals surface area (Å²) in [6, 6.07) is 8.31. The van der Waals surface area contributed by atoms with Crippen LogP contribution in [0.5, 0.6) is 0 Å². The lowest BCUT2D eigenvalue weighted by molar-refractivity contribution is 0.0161. The lowest BCUT2D eigenvalue weighted by atomic mass is 10.1. The number of hydrogen-bond donors (Lipinski definition) is 0. The minimum absolute atomic E-state index is 0.196. The van der Waals surface area contributed by atoms with E-state index in [0.717, 1.165) is 6.42 Å². The highest BCUT2D eigenvalue weighted by atomic mass is 16.6. The molecule has 1 aromatic rings. The van der Waals surface area contributed by atoms with Gasteiger partial charge < -0.3 is 14.2 Å². The molecule has 2 rings (SSSR count). The van der Waals surface area contributed by atoms with Gasteiger partial charge in [0.1, 0.15) is 0 Å². The topological polar surface area (TPSA) is 27.7 Å². The average Bonchev–Trinajstić information content (AvgIpc) is 2.76. The molecule has 0 spiro atoms. The van der Waals surface area contributed by atoms with Crippen molar-refractivity contribution in [3.05, 3.63) is 35.4 Å². The van der Waals surface area contributed by atoms with Crippen molar-refractivity contribution in [2.24, 2.45) is 0 Å². The van der Waals surface area contributed by atoms with E-state index in [9.17, 15) is 0 Å². The highest BCUT2D eigenvalue weighted by Crippen LogP contribution is 2.18. The fourth-order valence-corrected chi connectivity index (χ4v) is 2.07. The molecule has 0 aromatic heterocycles. The Kier molecular flexibility index (Phi) is 4.54. The molecule has 1 aromatic carbocycles. The second-order valence-electron chi connectivity index (χ2n) is 4.51. The Morgan fingerprint density at radius 2 is 2.18 bits per heavy atom. The van der Waals surface area contributed by atoms with Crippen LogP contribution >= 0.6 is 0 Å². The molecule has 3 nitrogen and oxygen atoms in total. The molecule has 0 radical (unpaired) electrons. The Hall–Kier alpha value is -0.900. The Bertz CT molecular complexity index is 351. The van der Waals surface area contributed by atoms with E-state index in [2.05, 4.69) is 19.1 Å². The zero-order valence-corrected chi connectivity index (χ0v) is 10.5. The van der Waals surface area contributed by atoms with Gasteiger partial charge in [-0.3, -0.25) is 0 Å². The third-order valence-corrected chi connectivity index (χ3v) is 3.13. The third kappa shape index (κ3) is 3.53. The number of hydrogen-bond acceptors (Lipinski definition) is 3. The van der Waals surface area contributed by atoms with Gasteiger partial charge in [0.2, 0.25) is 0 Å². The molecule has 0 N–H and O–H groups in total. The number of benzene rings is 1. The maximum absolute atomic E-state index is 5.87. The summed E-state index contributed by atoms with van der Waals surface area (Å²) in [5, 5.41) is 0. The molecule has 2 atom stereocenters. The van der Waals surface area contributed by atoms with Crippen LogP contribution in [0.3, 0.4) is 0 Å². The van der Waals surface area contributed by atoms with E-state index in [0.29, 0.717) is 19.8 Å². The fraction of sp³-hybridized carbons (Fsp3) is 0.571. The van der Waals surface area contributed by atoms with E-state index < -0.39 is 0 Å². The average molecular weight is 236 g/mol. The van der Waals surface area contributed by atoms with E-state index in [4.69, 9.17) is 14.2 Å². The van der Waals surface area contributed by atoms with Gasteiger partial charge in [-0.05, 0) is 18.1 Å². The molecule has 94 valence electrons. The summed E-state index contributed by atoms with van der Waals surface area (Å²) in [4.78, 5) is 0. The summed E-state index contributed by atoms with van der Waals surface area (Å²) in [6.07, 6.45) is 1.33. The predicted octanol–water partition coefficient (Wildman–Crippen LogP) is 2.32. The van der Waals surface area contributed by atoms with Crippen molar-refractivity contribution < 1.29 is 14.2 Å². The lowest BCUT2D eigenvalue weighted by Crippen LogP contribution is -2.15. The van der Waals surface area contributed by atoms with Crippen LogP contribution in [0, 0.1) is 6.92 Å². The molecule has 0 aliphatic carbocycles. The molecule has 1 aliphatic rings. The number of ether oxygens (including phenoxy) is 3. The van der Waals surface area contributed by atoms with Crippen molar-refractivity contribution in [1.29, 1.82) is 0 Å². The van der Waals surface area contributed by atoms with Crippen LogP contribution in [0.25, 0.3) is 0 Å². The van der Waals surface area contributed by atoms with Crippen molar-refractivity contribution in [3.63, 3.8) is 0 Å². The van der Waals surface area contributed by atoms with E-state index in [1.165, 1.54) is 11.1 Å². The Morgan fingerprint density at radius 1 is 1.35 bits per heavy atom.